The number of nitrogens with zero attached hydrogens (tertiary/aromatic N) is 8. The number of aryl methyl sites for hydroxylation is 1. The molecule has 6 aliphatic rings. The predicted octanol–water partition coefficient (Wildman–Crippen LogP) is 17.2. The van der Waals surface area contributed by atoms with E-state index in [0.717, 1.165) is 161 Å². The summed E-state index contributed by atoms with van der Waals surface area (Å²) in [7, 11) is -9.05. The average Bonchev–Trinajstić information content (AvgIpc) is 1.30. The highest BCUT2D eigenvalue weighted by Gasteiger charge is 2.35. The number of amides is 2. The van der Waals surface area contributed by atoms with E-state index in [-0.39, 0.29) is 56.7 Å². The third-order valence-electron chi connectivity index (χ3n) is 23.9. The molecule has 0 atom stereocenters. The number of fused-ring (bicyclic) bond motifs is 2. The van der Waals surface area contributed by atoms with Crippen LogP contribution in [0.25, 0.3) is 33.2 Å². The number of aromatic amines is 2. The van der Waals surface area contributed by atoms with Gasteiger partial charge in [-0.1, -0.05) is 86.3 Å². The lowest BCUT2D eigenvalue weighted by atomic mass is 9.72. The van der Waals surface area contributed by atoms with Gasteiger partial charge in [0.25, 0.3) is 43.2 Å². The van der Waals surface area contributed by atoms with Gasteiger partial charge in [0.15, 0.2) is 0 Å². The molecule has 7 N–H and O–H groups in total. The third-order valence-corrected chi connectivity index (χ3v) is 27.0. The summed E-state index contributed by atoms with van der Waals surface area (Å²) in [6, 6.07) is 40.7. The number of allylic oxidation sites excluding steroid dienone is 2. The number of phenolic OH excluding ortho intramolecular Hbond substituents is 1. The van der Waals surface area contributed by atoms with Crippen molar-refractivity contribution in [1.29, 1.82) is 0 Å². The normalized spacial score (nSPS) is 17.5. The van der Waals surface area contributed by atoms with E-state index in [1.165, 1.54) is 87.0 Å². The van der Waals surface area contributed by atoms with Crippen LogP contribution >= 0.6 is 23.2 Å². The van der Waals surface area contributed by atoms with Crippen LogP contribution in [0.4, 0.5) is 34.1 Å². The quantitative estimate of drug-likeness (QED) is 0.0218. The van der Waals surface area contributed by atoms with Crippen LogP contribution in [0.5, 0.6) is 17.2 Å². The zero-order valence-electron chi connectivity index (χ0n) is 69.6. The zero-order valence-corrected chi connectivity index (χ0v) is 72.8. The number of ether oxygens (including phenoxy) is 3. The van der Waals surface area contributed by atoms with Gasteiger partial charge in [-0.15, -0.1) is 0 Å². The predicted molar refractivity (Wildman–Crippen MR) is 480 cm³/mol. The number of nitro benzene ring substituents is 2. The third kappa shape index (κ3) is 22.7. The molecular weight excluding hydrogens is 1650 g/mol. The fraction of sp³-hybridized carbons (Fsp3) is 0.385. The van der Waals surface area contributed by atoms with Gasteiger partial charge in [0, 0.05) is 180 Å². The van der Waals surface area contributed by atoms with Crippen LogP contribution in [0.15, 0.2) is 191 Å². The number of hydrogen-bond donors (Lipinski definition) is 7. The van der Waals surface area contributed by atoms with Gasteiger partial charge in [-0.3, -0.25) is 39.6 Å². The molecule has 0 saturated carbocycles. The number of phenols is 1. The summed E-state index contributed by atoms with van der Waals surface area (Å²) in [4.78, 5) is 72.7. The SMILES string of the molecule is CC1(C)CCC(CN2CCN(c3ccc(C(=O)NS(=O)(=O)c4ccc(NCC5CCOCC5)c([N+](=O)[O-])c4)c(O)c3)CC2)=C(c2ccc(Cl)cc2)C1.CC1(C)CCC(CN2CCN(c3ccc(C(=O)NS(=O)(=O)c4ccc(NCC5CCOCC5)c([N+](=O)[O-])c4)c(Oc4cnc5[nH]ccc5c4)c3)CC2)=C(c2ccc(Cl)cc2)C1.Cc1cnc2[nH]ccc2c1. The Bertz CT molecular complexity index is 5820. The molecule has 10 aromatic rings. The lowest BCUT2D eigenvalue weighted by Crippen LogP contribution is -2.47. The summed E-state index contributed by atoms with van der Waals surface area (Å²) in [5.41, 5.74) is 12.3. The minimum atomic E-state index is -4.55. The number of H-pyrrole nitrogens is 2. The summed E-state index contributed by atoms with van der Waals surface area (Å²) in [6.07, 6.45) is 16.8. The molecule has 0 bridgehead atoms. The van der Waals surface area contributed by atoms with Crippen molar-refractivity contribution in [1.82, 2.24) is 39.2 Å². The second-order valence-corrected chi connectivity index (χ2v) is 38.2. The smallest absolute Gasteiger partial charge is 0.293 e. The van der Waals surface area contributed by atoms with Crippen molar-refractivity contribution in [3.63, 3.8) is 0 Å². The molecular formula is C91H104Cl2N14O14S2. The summed E-state index contributed by atoms with van der Waals surface area (Å²) in [5.74, 6) is -1.32. The first-order valence-electron chi connectivity index (χ1n) is 41.6. The van der Waals surface area contributed by atoms with E-state index < -0.39 is 62.9 Å². The van der Waals surface area contributed by atoms with Crippen molar-refractivity contribution in [3.05, 3.63) is 240 Å². The molecule has 123 heavy (non-hydrogen) atoms. The van der Waals surface area contributed by atoms with Crippen molar-refractivity contribution in [2.75, 3.05) is 125 Å². The minimum Gasteiger partial charge on any atom is -0.507 e. The molecule has 32 heteroatoms. The second kappa shape index (κ2) is 38.8. The Labute approximate surface area is 726 Å². The molecule has 648 valence electrons. The van der Waals surface area contributed by atoms with Crippen molar-refractivity contribution >= 4 is 122 Å². The number of aromatic hydroxyl groups is 1. The van der Waals surface area contributed by atoms with Gasteiger partial charge in [-0.25, -0.2) is 36.2 Å². The highest BCUT2D eigenvalue weighted by molar-refractivity contribution is 7.90. The van der Waals surface area contributed by atoms with E-state index in [4.69, 9.17) is 37.4 Å². The molecule has 28 nitrogen and oxygen atoms in total. The van der Waals surface area contributed by atoms with Gasteiger partial charge in [-0.2, -0.15) is 0 Å². The van der Waals surface area contributed by atoms with E-state index in [2.05, 4.69) is 113 Å². The van der Waals surface area contributed by atoms with E-state index in [1.54, 1.807) is 36.5 Å². The number of sulfonamides is 2. The molecule has 16 rings (SSSR count). The molecule has 2 aliphatic carbocycles. The molecule has 4 aliphatic heterocycles. The summed E-state index contributed by atoms with van der Waals surface area (Å²) >= 11 is 12.4. The Morgan fingerprint density at radius 2 is 0.984 bits per heavy atom. The van der Waals surface area contributed by atoms with Gasteiger partial charge < -0.3 is 49.7 Å². The van der Waals surface area contributed by atoms with Crippen molar-refractivity contribution < 1.29 is 55.6 Å². The molecule has 8 heterocycles. The highest BCUT2D eigenvalue weighted by atomic mass is 35.5. The molecule has 4 fully saturated rings. The van der Waals surface area contributed by atoms with Crippen molar-refractivity contribution in [3.8, 4) is 17.2 Å². The van der Waals surface area contributed by atoms with Gasteiger partial charge in [0.2, 0.25) is 0 Å². The van der Waals surface area contributed by atoms with Crippen LogP contribution < -0.4 is 34.6 Å². The number of piperazine rings is 2. The molecule has 4 aromatic heterocycles. The number of halogens is 2. The number of nitro groups is 2. The number of pyridine rings is 2. The minimum absolute atomic E-state index is 0.0359. The number of nitrogens with one attached hydrogen (secondary N) is 6. The van der Waals surface area contributed by atoms with E-state index in [1.807, 2.05) is 60.4 Å². The summed E-state index contributed by atoms with van der Waals surface area (Å²) in [5, 5.41) is 44.3. The Kier molecular flexibility index (Phi) is 27.9. The van der Waals surface area contributed by atoms with E-state index in [0.29, 0.717) is 64.0 Å². The van der Waals surface area contributed by atoms with Gasteiger partial charge >= 0.3 is 0 Å². The van der Waals surface area contributed by atoms with Gasteiger partial charge in [0.1, 0.15) is 39.9 Å². The van der Waals surface area contributed by atoms with Crippen molar-refractivity contribution in [2.45, 2.75) is 109 Å². The lowest BCUT2D eigenvalue weighted by Gasteiger charge is -2.39. The lowest BCUT2D eigenvalue weighted by molar-refractivity contribution is -0.384. The monoisotopic (exact) mass is 1750 g/mol. The van der Waals surface area contributed by atoms with Gasteiger partial charge in [-0.05, 0) is 219 Å². The number of carbonyl (C=O) groups excluding carboxylic acids is 2. The average molecular weight is 1750 g/mol. The Balaban J connectivity index is 0.000000181. The first-order valence-corrected chi connectivity index (χ1v) is 45.4. The topological polar surface area (TPSA) is 355 Å². The number of anilines is 4. The number of rotatable bonds is 24. The molecule has 0 radical (unpaired) electrons. The van der Waals surface area contributed by atoms with Crippen molar-refractivity contribution in [2.24, 2.45) is 22.7 Å². The number of carbonyl (C=O) groups is 2. The maximum absolute atomic E-state index is 13.9. The first-order chi connectivity index (χ1) is 58.9. The molecule has 0 unspecified atom stereocenters. The molecule has 0 spiro atoms. The van der Waals surface area contributed by atoms with E-state index in [9.17, 15) is 51.8 Å². The maximum Gasteiger partial charge on any atom is 0.293 e. The van der Waals surface area contributed by atoms with Crippen LogP contribution in [0.1, 0.15) is 129 Å². The van der Waals surface area contributed by atoms with Gasteiger partial charge in [0.05, 0.1) is 37.0 Å². The van der Waals surface area contributed by atoms with E-state index >= 15 is 0 Å². The number of aromatic nitrogens is 4. The molecule has 2 amide bonds. The number of hydrogen-bond acceptors (Lipinski definition) is 22. The second-order valence-electron chi connectivity index (χ2n) is 34.0. The maximum atomic E-state index is 13.9. The van der Waals surface area contributed by atoms with Crippen LogP contribution in [-0.4, -0.2) is 178 Å². The Hall–Kier alpha value is -11.0. The summed E-state index contributed by atoms with van der Waals surface area (Å²) in [6.45, 7) is 22.8. The Morgan fingerprint density at radius 3 is 1.44 bits per heavy atom. The number of benzene rings is 6. The van der Waals surface area contributed by atoms with Crippen LogP contribution in [0.2, 0.25) is 10.0 Å². The van der Waals surface area contributed by atoms with Crippen LogP contribution in [0, 0.1) is 49.8 Å². The molecule has 4 saturated heterocycles. The highest BCUT2D eigenvalue weighted by Crippen LogP contribution is 2.46. The summed E-state index contributed by atoms with van der Waals surface area (Å²) < 4.78 is 74.8. The first kappa shape index (κ1) is 88.4. The fourth-order valence-corrected chi connectivity index (χ4v) is 18.9. The van der Waals surface area contributed by atoms with Crippen LogP contribution in [-0.2, 0) is 29.5 Å². The Morgan fingerprint density at radius 1 is 0.553 bits per heavy atom. The fourth-order valence-electron chi connectivity index (χ4n) is 16.7. The molecule has 6 aromatic carbocycles. The zero-order chi connectivity index (χ0) is 86.7. The standard InChI is InChI=1S/C45H50ClN7O7S.C38H46ClN5O7S.C8H8N2/c1-45(2)15-11-33(39(26-45)31-3-5-34(46)6-4-31)29-51-17-19-52(20-18-51)35-7-9-38(42(24-35)60-36-23-32-12-16-47-43(32)49-28-36)44(54)50-61(57,58)37-8-10-40(41(25-37)53(55)56)48-27-30-13-21-59-22-14-30;1-38(2)14-11-28(33(23-38)27-3-5-29(39)6-4-27)25-42-15-17-43(18-16-42)30-7-9-32(36(45)21-30)37(46)41-52(49,50)31-8-10-34(35(22-31)44(47)48)40-24-26-12-19-51-20-13-26;1-6-4-7-2-3-9-8(7)10-5-6/h3-10,12,16,23-25,28,30,48H,11,13-15,17-22,26-27,29H2,1-2H3,(H,47,49)(H,50,54);3-10,21-22,26,40,45H,11-20,23-25H2,1-2H3,(H,41,46);2-5H,1H3,(H,9,10). The largest absolute Gasteiger partial charge is 0.507 e. The van der Waals surface area contributed by atoms with Crippen LogP contribution in [0.3, 0.4) is 0 Å².